The Morgan fingerprint density at radius 1 is 1.12 bits per heavy atom. The van der Waals surface area contributed by atoms with Crippen LogP contribution in [0.3, 0.4) is 0 Å². The molecule has 25 heavy (non-hydrogen) atoms. The molecule has 1 aromatic heterocycles. The molecule has 2 aliphatic rings. The van der Waals surface area contributed by atoms with Crippen molar-refractivity contribution in [1.82, 2.24) is 20.1 Å². The fraction of sp³-hybridized carbons (Fsp3) is 0.500. The summed E-state index contributed by atoms with van der Waals surface area (Å²) in [5.74, 6) is 2.26. The zero-order valence-corrected chi connectivity index (χ0v) is 15.0. The Morgan fingerprint density at radius 2 is 1.88 bits per heavy atom. The normalized spacial score (nSPS) is 17.4. The quantitative estimate of drug-likeness (QED) is 0.881. The summed E-state index contributed by atoms with van der Waals surface area (Å²) in [7, 11) is 0. The molecule has 0 spiro atoms. The second-order valence-corrected chi connectivity index (χ2v) is 6.64. The first-order valence-electron chi connectivity index (χ1n) is 8.85. The van der Waals surface area contributed by atoms with E-state index in [1.54, 1.807) is 0 Å². The fourth-order valence-electron chi connectivity index (χ4n) is 3.55. The molecule has 7 heteroatoms. The van der Waals surface area contributed by atoms with Gasteiger partial charge in [0, 0.05) is 30.1 Å². The first-order chi connectivity index (χ1) is 11.8. The predicted octanol–water partition coefficient (Wildman–Crippen LogP) is 2.64. The van der Waals surface area contributed by atoms with E-state index in [-0.39, 0.29) is 24.2 Å². The molecule has 3 heterocycles. The number of rotatable bonds is 3. The summed E-state index contributed by atoms with van der Waals surface area (Å²) >= 11 is 0. The first kappa shape index (κ1) is 17.9. The average Bonchev–Trinajstić information content (AvgIpc) is 3.07. The second kappa shape index (κ2) is 7.97. The Morgan fingerprint density at radius 3 is 2.64 bits per heavy atom. The summed E-state index contributed by atoms with van der Waals surface area (Å²) in [6.07, 6.45) is 5.21. The minimum Gasteiger partial charge on any atom is -0.326 e. The monoisotopic (exact) mass is 361 g/mol. The van der Waals surface area contributed by atoms with Crippen LogP contribution in [0.4, 0.5) is 5.69 Å². The third kappa shape index (κ3) is 3.85. The number of aromatic nitrogens is 3. The Labute approximate surface area is 153 Å². The smallest absolute Gasteiger partial charge is 0.227 e. The zero-order valence-electron chi connectivity index (χ0n) is 14.2. The number of hydrogen-bond donors (Lipinski definition) is 2. The van der Waals surface area contributed by atoms with Crippen LogP contribution >= 0.6 is 12.4 Å². The number of benzene rings is 1. The lowest BCUT2D eigenvalue weighted by Gasteiger charge is -2.21. The van der Waals surface area contributed by atoms with Crippen LogP contribution in [0.1, 0.15) is 31.5 Å². The van der Waals surface area contributed by atoms with E-state index in [4.69, 9.17) is 0 Å². The number of nitrogens with one attached hydrogen (secondary N) is 2. The molecule has 1 saturated heterocycles. The van der Waals surface area contributed by atoms with Crippen LogP contribution in [-0.2, 0) is 17.8 Å². The first-order valence-corrected chi connectivity index (χ1v) is 8.85. The van der Waals surface area contributed by atoms with Gasteiger partial charge >= 0.3 is 0 Å². The minimum absolute atomic E-state index is 0. The van der Waals surface area contributed by atoms with Crippen molar-refractivity contribution in [3.8, 4) is 11.4 Å². The SMILES string of the molecule is Cl.O=C(Nc1ccc(-c2nnc3n2CCCC3)cc1)C1CCNCC1. The highest BCUT2D eigenvalue weighted by molar-refractivity contribution is 5.92. The van der Waals surface area contributed by atoms with Crippen LogP contribution in [0, 0.1) is 5.92 Å². The highest BCUT2D eigenvalue weighted by Crippen LogP contribution is 2.24. The molecular weight excluding hydrogens is 338 g/mol. The van der Waals surface area contributed by atoms with Gasteiger partial charge in [0.2, 0.25) is 5.91 Å². The molecule has 0 bridgehead atoms. The van der Waals surface area contributed by atoms with Crippen molar-refractivity contribution in [1.29, 1.82) is 0 Å². The van der Waals surface area contributed by atoms with Gasteiger partial charge in [0.1, 0.15) is 5.82 Å². The predicted molar refractivity (Wildman–Crippen MR) is 99.9 cm³/mol. The lowest BCUT2D eigenvalue weighted by Crippen LogP contribution is -2.34. The molecule has 1 amide bonds. The van der Waals surface area contributed by atoms with Crippen molar-refractivity contribution in [3.63, 3.8) is 0 Å². The molecule has 0 aliphatic carbocycles. The number of piperidine rings is 1. The molecule has 2 aliphatic heterocycles. The molecule has 0 radical (unpaired) electrons. The van der Waals surface area contributed by atoms with Gasteiger partial charge in [0.25, 0.3) is 0 Å². The molecule has 2 N–H and O–H groups in total. The molecule has 2 aromatic rings. The lowest BCUT2D eigenvalue weighted by molar-refractivity contribution is -0.120. The number of nitrogens with zero attached hydrogens (tertiary/aromatic N) is 3. The number of aryl methyl sites for hydroxylation is 1. The van der Waals surface area contributed by atoms with E-state index in [1.165, 1.54) is 12.8 Å². The van der Waals surface area contributed by atoms with Gasteiger partial charge in [0.15, 0.2) is 5.82 Å². The van der Waals surface area contributed by atoms with Crippen LogP contribution < -0.4 is 10.6 Å². The van der Waals surface area contributed by atoms with Gasteiger partial charge in [-0.05, 0) is 63.0 Å². The summed E-state index contributed by atoms with van der Waals surface area (Å²) in [6.45, 7) is 2.84. The molecule has 0 atom stereocenters. The van der Waals surface area contributed by atoms with Gasteiger partial charge in [-0.2, -0.15) is 0 Å². The highest BCUT2D eigenvalue weighted by atomic mass is 35.5. The number of carbonyl (C=O) groups is 1. The van der Waals surface area contributed by atoms with Crippen molar-refractivity contribution in [2.45, 2.75) is 38.6 Å². The van der Waals surface area contributed by atoms with E-state index >= 15 is 0 Å². The van der Waals surface area contributed by atoms with Crippen LogP contribution in [-0.4, -0.2) is 33.8 Å². The standard InChI is InChI=1S/C18H23N5O.ClH/c24-18(14-8-10-19-11-9-14)20-15-6-4-13(5-7-15)17-22-21-16-3-1-2-12-23(16)17;/h4-7,14,19H,1-3,8-12H2,(H,20,24);1H. The molecule has 1 fully saturated rings. The maximum Gasteiger partial charge on any atom is 0.227 e. The number of halogens is 1. The van der Waals surface area contributed by atoms with Crippen molar-refractivity contribution in [3.05, 3.63) is 30.1 Å². The molecule has 1 aromatic carbocycles. The van der Waals surface area contributed by atoms with Crippen LogP contribution in [0.15, 0.2) is 24.3 Å². The molecule has 0 saturated carbocycles. The average molecular weight is 362 g/mol. The maximum absolute atomic E-state index is 12.3. The second-order valence-electron chi connectivity index (χ2n) is 6.64. The summed E-state index contributed by atoms with van der Waals surface area (Å²) in [4.78, 5) is 12.3. The van der Waals surface area contributed by atoms with Gasteiger partial charge < -0.3 is 15.2 Å². The van der Waals surface area contributed by atoms with Crippen LogP contribution in [0.2, 0.25) is 0 Å². The van der Waals surface area contributed by atoms with Gasteiger partial charge in [-0.1, -0.05) is 0 Å². The third-order valence-corrected chi connectivity index (χ3v) is 4.98. The zero-order chi connectivity index (χ0) is 16.4. The molecule has 6 nitrogen and oxygen atoms in total. The summed E-state index contributed by atoms with van der Waals surface area (Å²) in [5, 5.41) is 15.0. The lowest BCUT2D eigenvalue weighted by atomic mass is 9.97. The molecular formula is C18H24ClN5O. The Kier molecular flexibility index (Phi) is 5.71. The van der Waals surface area contributed by atoms with Crippen molar-refractivity contribution in [2.24, 2.45) is 5.92 Å². The summed E-state index contributed by atoms with van der Waals surface area (Å²) < 4.78 is 2.21. The maximum atomic E-state index is 12.3. The van der Waals surface area contributed by atoms with E-state index in [0.717, 1.165) is 61.8 Å². The van der Waals surface area contributed by atoms with Crippen molar-refractivity contribution >= 4 is 24.0 Å². The molecule has 0 unspecified atom stereocenters. The van der Waals surface area contributed by atoms with Gasteiger partial charge in [0.05, 0.1) is 0 Å². The Balaban J connectivity index is 0.00000182. The van der Waals surface area contributed by atoms with Crippen molar-refractivity contribution < 1.29 is 4.79 Å². The summed E-state index contributed by atoms with van der Waals surface area (Å²) in [5.41, 5.74) is 1.90. The Hall–Kier alpha value is -1.92. The number of anilines is 1. The third-order valence-electron chi connectivity index (χ3n) is 4.98. The minimum atomic E-state index is 0. The largest absolute Gasteiger partial charge is 0.326 e. The van der Waals surface area contributed by atoms with E-state index in [2.05, 4.69) is 25.4 Å². The van der Waals surface area contributed by atoms with E-state index in [9.17, 15) is 4.79 Å². The van der Waals surface area contributed by atoms with Gasteiger partial charge in [-0.3, -0.25) is 4.79 Å². The van der Waals surface area contributed by atoms with Gasteiger partial charge in [-0.15, -0.1) is 22.6 Å². The topological polar surface area (TPSA) is 71.8 Å². The number of carbonyl (C=O) groups excluding carboxylic acids is 1. The number of hydrogen-bond acceptors (Lipinski definition) is 4. The van der Waals surface area contributed by atoms with E-state index in [1.807, 2.05) is 24.3 Å². The number of amides is 1. The molecule has 134 valence electrons. The summed E-state index contributed by atoms with van der Waals surface area (Å²) in [6, 6.07) is 7.95. The van der Waals surface area contributed by atoms with E-state index < -0.39 is 0 Å². The van der Waals surface area contributed by atoms with Crippen molar-refractivity contribution in [2.75, 3.05) is 18.4 Å². The van der Waals surface area contributed by atoms with Crippen LogP contribution in [0.5, 0.6) is 0 Å². The fourth-order valence-corrected chi connectivity index (χ4v) is 3.55. The van der Waals surface area contributed by atoms with Gasteiger partial charge in [-0.25, -0.2) is 0 Å². The van der Waals surface area contributed by atoms with E-state index in [0.29, 0.717) is 0 Å². The number of fused-ring (bicyclic) bond motifs is 1. The Bertz CT molecular complexity index is 722. The molecule has 4 rings (SSSR count). The highest BCUT2D eigenvalue weighted by Gasteiger charge is 2.21. The van der Waals surface area contributed by atoms with Crippen LogP contribution in [0.25, 0.3) is 11.4 Å².